The Hall–Kier alpha value is -3.08. The lowest BCUT2D eigenvalue weighted by atomic mass is 9.92. The summed E-state index contributed by atoms with van der Waals surface area (Å²) < 4.78 is 27.0. The monoisotopic (exact) mass is 406 g/mol. The van der Waals surface area contributed by atoms with Crippen molar-refractivity contribution < 1.29 is 13.6 Å². The molecule has 4 rings (SSSR count). The van der Waals surface area contributed by atoms with Crippen LogP contribution in [0.25, 0.3) is 0 Å². The van der Waals surface area contributed by atoms with Crippen molar-refractivity contribution in [2.24, 2.45) is 0 Å². The maximum Gasteiger partial charge on any atom is 0.226 e. The van der Waals surface area contributed by atoms with Crippen molar-refractivity contribution in [3.8, 4) is 0 Å². The minimum Gasteiger partial charge on any atom is -0.342 e. The smallest absolute Gasteiger partial charge is 0.226 e. The summed E-state index contributed by atoms with van der Waals surface area (Å²) in [5, 5.41) is 0. The van der Waals surface area contributed by atoms with Crippen molar-refractivity contribution in [3.63, 3.8) is 0 Å². The number of amides is 1. The van der Waals surface area contributed by atoms with E-state index in [1.54, 1.807) is 24.3 Å². The average Bonchev–Trinajstić information content (AvgIpc) is 2.77. The maximum atomic E-state index is 13.9. The van der Waals surface area contributed by atoms with E-state index in [1.807, 2.05) is 29.2 Å². The van der Waals surface area contributed by atoms with Crippen molar-refractivity contribution in [3.05, 3.63) is 101 Å². The molecule has 1 amide bonds. The molecule has 1 saturated heterocycles. The molecule has 3 nitrogen and oxygen atoms in total. The van der Waals surface area contributed by atoms with Crippen LogP contribution in [0.1, 0.15) is 41.3 Å². The standard InChI is InChI=1S/C25H24F2N2O/c26-21-10-8-18(9-11-21)16-25(30)29-14-12-19(13-15-29)24-7-3-5-22(28-24)17-20-4-1-2-6-23(20)27/h1-11,19H,12-17H2. The molecule has 30 heavy (non-hydrogen) atoms. The van der Waals surface area contributed by atoms with E-state index in [0.29, 0.717) is 37.4 Å². The van der Waals surface area contributed by atoms with Gasteiger partial charge in [0.2, 0.25) is 5.91 Å². The van der Waals surface area contributed by atoms with Crippen LogP contribution in [0.2, 0.25) is 0 Å². The normalized spacial score (nSPS) is 14.7. The van der Waals surface area contributed by atoms with Crippen LogP contribution in [0.3, 0.4) is 0 Å². The summed E-state index contributed by atoms with van der Waals surface area (Å²) in [6.07, 6.45) is 2.47. The molecule has 1 aromatic heterocycles. The topological polar surface area (TPSA) is 33.2 Å². The van der Waals surface area contributed by atoms with Crippen LogP contribution in [0.4, 0.5) is 8.78 Å². The fourth-order valence-electron chi connectivity index (χ4n) is 3.97. The first-order valence-corrected chi connectivity index (χ1v) is 10.3. The Morgan fingerprint density at radius 2 is 1.67 bits per heavy atom. The van der Waals surface area contributed by atoms with E-state index in [0.717, 1.165) is 29.8 Å². The Kier molecular flexibility index (Phi) is 6.17. The van der Waals surface area contributed by atoms with Gasteiger partial charge in [0.15, 0.2) is 0 Å². The zero-order valence-electron chi connectivity index (χ0n) is 16.7. The molecule has 3 aromatic rings. The van der Waals surface area contributed by atoms with Crippen molar-refractivity contribution in [1.29, 1.82) is 0 Å². The average molecular weight is 406 g/mol. The van der Waals surface area contributed by atoms with Gasteiger partial charge in [0.25, 0.3) is 0 Å². The van der Waals surface area contributed by atoms with Gasteiger partial charge in [0.1, 0.15) is 11.6 Å². The van der Waals surface area contributed by atoms with E-state index >= 15 is 0 Å². The summed E-state index contributed by atoms with van der Waals surface area (Å²) in [7, 11) is 0. The zero-order chi connectivity index (χ0) is 20.9. The third-order valence-corrected chi connectivity index (χ3v) is 5.69. The quantitative estimate of drug-likeness (QED) is 0.604. The van der Waals surface area contributed by atoms with E-state index in [-0.39, 0.29) is 17.5 Å². The summed E-state index contributed by atoms with van der Waals surface area (Å²) in [6, 6.07) is 18.8. The van der Waals surface area contributed by atoms with E-state index in [1.165, 1.54) is 18.2 Å². The molecular weight excluding hydrogens is 382 g/mol. The van der Waals surface area contributed by atoms with Crippen molar-refractivity contribution in [1.82, 2.24) is 9.88 Å². The number of piperidine rings is 1. The number of pyridine rings is 1. The summed E-state index contributed by atoms with van der Waals surface area (Å²) in [5.74, 6) is -0.142. The summed E-state index contributed by atoms with van der Waals surface area (Å²) >= 11 is 0. The number of aromatic nitrogens is 1. The number of benzene rings is 2. The van der Waals surface area contributed by atoms with Gasteiger partial charge in [-0.25, -0.2) is 8.78 Å². The first kappa shape index (κ1) is 20.2. The number of carbonyl (C=O) groups is 1. The van der Waals surface area contributed by atoms with Crippen LogP contribution in [0.15, 0.2) is 66.7 Å². The summed E-state index contributed by atoms with van der Waals surface area (Å²) in [5.41, 5.74) is 3.33. The van der Waals surface area contributed by atoms with Gasteiger partial charge in [-0.05, 0) is 54.3 Å². The Morgan fingerprint density at radius 3 is 2.40 bits per heavy atom. The summed E-state index contributed by atoms with van der Waals surface area (Å²) in [6.45, 7) is 1.37. The van der Waals surface area contributed by atoms with E-state index < -0.39 is 0 Å². The van der Waals surface area contributed by atoms with E-state index in [2.05, 4.69) is 0 Å². The number of halogens is 2. The van der Waals surface area contributed by atoms with Gasteiger partial charge in [-0.1, -0.05) is 36.4 Å². The fraction of sp³-hybridized carbons (Fsp3) is 0.280. The van der Waals surface area contributed by atoms with Crippen LogP contribution in [-0.4, -0.2) is 28.9 Å². The third-order valence-electron chi connectivity index (χ3n) is 5.69. The third kappa shape index (κ3) is 4.90. The van der Waals surface area contributed by atoms with Gasteiger partial charge in [-0.2, -0.15) is 0 Å². The molecule has 1 aliphatic rings. The number of hydrogen-bond donors (Lipinski definition) is 0. The molecular formula is C25H24F2N2O. The number of hydrogen-bond acceptors (Lipinski definition) is 2. The Bertz CT molecular complexity index is 1010. The first-order chi connectivity index (χ1) is 14.6. The zero-order valence-corrected chi connectivity index (χ0v) is 16.7. The van der Waals surface area contributed by atoms with E-state index in [9.17, 15) is 13.6 Å². The molecule has 1 aliphatic heterocycles. The molecule has 0 saturated carbocycles. The fourth-order valence-corrected chi connectivity index (χ4v) is 3.97. The van der Waals surface area contributed by atoms with Gasteiger partial charge in [0.05, 0.1) is 6.42 Å². The molecule has 2 aromatic carbocycles. The van der Waals surface area contributed by atoms with Gasteiger partial charge >= 0.3 is 0 Å². The van der Waals surface area contributed by atoms with Crippen LogP contribution in [-0.2, 0) is 17.6 Å². The highest BCUT2D eigenvalue weighted by atomic mass is 19.1. The minimum atomic E-state index is -0.295. The number of likely N-dealkylation sites (tertiary alicyclic amines) is 1. The Balaban J connectivity index is 1.35. The van der Waals surface area contributed by atoms with Crippen LogP contribution >= 0.6 is 0 Å². The number of carbonyl (C=O) groups excluding carboxylic acids is 1. The molecule has 0 radical (unpaired) electrons. The van der Waals surface area contributed by atoms with Crippen LogP contribution in [0.5, 0.6) is 0 Å². The van der Waals surface area contributed by atoms with Crippen molar-refractivity contribution in [2.45, 2.75) is 31.6 Å². The largest absolute Gasteiger partial charge is 0.342 e. The van der Waals surface area contributed by atoms with Crippen LogP contribution < -0.4 is 0 Å². The molecule has 0 atom stereocenters. The number of rotatable bonds is 5. The van der Waals surface area contributed by atoms with Gasteiger partial charge in [-0.3, -0.25) is 9.78 Å². The highest BCUT2D eigenvalue weighted by molar-refractivity contribution is 5.78. The molecule has 0 N–H and O–H groups in total. The van der Waals surface area contributed by atoms with E-state index in [4.69, 9.17) is 4.98 Å². The molecule has 0 unspecified atom stereocenters. The van der Waals surface area contributed by atoms with Crippen LogP contribution in [0, 0.1) is 11.6 Å². The molecule has 0 bridgehead atoms. The molecule has 0 aliphatic carbocycles. The summed E-state index contributed by atoms with van der Waals surface area (Å²) in [4.78, 5) is 19.2. The SMILES string of the molecule is O=C(Cc1ccc(F)cc1)N1CCC(c2cccc(Cc3ccccc3F)n2)CC1. The van der Waals surface area contributed by atoms with Crippen molar-refractivity contribution >= 4 is 5.91 Å². The number of nitrogens with zero attached hydrogens (tertiary/aromatic N) is 2. The molecule has 154 valence electrons. The lowest BCUT2D eigenvalue weighted by Crippen LogP contribution is -2.38. The lowest BCUT2D eigenvalue weighted by Gasteiger charge is -2.32. The van der Waals surface area contributed by atoms with Gasteiger partial charge in [-0.15, -0.1) is 0 Å². The molecule has 5 heteroatoms. The van der Waals surface area contributed by atoms with Crippen molar-refractivity contribution in [2.75, 3.05) is 13.1 Å². The highest BCUT2D eigenvalue weighted by Gasteiger charge is 2.24. The maximum absolute atomic E-state index is 13.9. The first-order valence-electron chi connectivity index (χ1n) is 10.3. The lowest BCUT2D eigenvalue weighted by molar-refractivity contribution is -0.131. The second kappa shape index (κ2) is 9.16. The molecule has 2 heterocycles. The minimum absolute atomic E-state index is 0.0707. The van der Waals surface area contributed by atoms with Gasteiger partial charge in [0, 0.05) is 36.8 Å². The molecule has 0 spiro atoms. The van der Waals surface area contributed by atoms with Gasteiger partial charge < -0.3 is 4.90 Å². The highest BCUT2D eigenvalue weighted by Crippen LogP contribution is 2.27. The second-order valence-corrected chi connectivity index (χ2v) is 7.78. The Morgan fingerprint density at radius 1 is 0.933 bits per heavy atom. The predicted octanol–water partition coefficient (Wildman–Crippen LogP) is 4.90. The molecule has 1 fully saturated rings. The second-order valence-electron chi connectivity index (χ2n) is 7.78. The Labute approximate surface area is 175 Å². The predicted molar refractivity (Wildman–Crippen MR) is 112 cm³/mol.